The summed E-state index contributed by atoms with van der Waals surface area (Å²) in [5.41, 5.74) is 0.587. The van der Waals surface area contributed by atoms with Crippen molar-refractivity contribution in [3.05, 3.63) is 29.8 Å². The third kappa shape index (κ3) is 2.80. The number of nitrogens with zero attached hydrogens (tertiary/aromatic N) is 1. The van der Waals surface area contributed by atoms with Gasteiger partial charge in [0.1, 0.15) is 5.75 Å². The van der Waals surface area contributed by atoms with Gasteiger partial charge in [0, 0.05) is 31.1 Å². The van der Waals surface area contributed by atoms with Crippen LogP contribution in [0.1, 0.15) is 36.0 Å². The molecule has 1 saturated carbocycles. The maximum atomic E-state index is 12.9. The Morgan fingerprint density at radius 2 is 2.04 bits per heavy atom. The number of hydrogen-bond donors (Lipinski definition) is 1. The molecule has 23 heavy (non-hydrogen) atoms. The lowest BCUT2D eigenvalue weighted by Gasteiger charge is -2.28. The zero-order valence-corrected chi connectivity index (χ0v) is 13.8. The normalized spacial score (nSPS) is 22.3. The van der Waals surface area contributed by atoms with Crippen LogP contribution in [0.4, 0.5) is 0 Å². The van der Waals surface area contributed by atoms with Crippen molar-refractivity contribution in [1.29, 1.82) is 0 Å². The van der Waals surface area contributed by atoms with E-state index in [2.05, 4.69) is 5.32 Å². The predicted octanol–water partition coefficient (Wildman–Crippen LogP) is 2.07. The summed E-state index contributed by atoms with van der Waals surface area (Å²) in [5.74, 6) is 0.632. The van der Waals surface area contributed by atoms with Crippen LogP contribution in [0.5, 0.6) is 5.75 Å². The molecule has 1 saturated heterocycles. The Morgan fingerprint density at radius 3 is 2.70 bits per heavy atom. The zero-order valence-electron chi connectivity index (χ0n) is 13.8. The Hall–Kier alpha value is -2.04. The van der Waals surface area contributed by atoms with Gasteiger partial charge in [-0.2, -0.15) is 0 Å². The van der Waals surface area contributed by atoms with Crippen LogP contribution < -0.4 is 10.1 Å². The monoisotopic (exact) mass is 316 g/mol. The zero-order chi connectivity index (χ0) is 16.4. The fourth-order valence-corrected chi connectivity index (χ4v) is 4.18. The molecule has 1 atom stereocenters. The Kier molecular flexibility index (Phi) is 4.28. The highest BCUT2D eigenvalue weighted by Crippen LogP contribution is 2.49. The highest BCUT2D eigenvalue weighted by atomic mass is 16.5. The van der Waals surface area contributed by atoms with Crippen molar-refractivity contribution in [1.82, 2.24) is 10.2 Å². The molecule has 1 aromatic rings. The highest BCUT2D eigenvalue weighted by molar-refractivity contribution is 5.95. The first-order chi connectivity index (χ1) is 11.1. The summed E-state index contributed by atoms with van der Waals surface area (Å²) in [6.45, 7) is 1.19. The summed E-state index contributed by atoms with van der Waals surface area (Å²) in [4.78, 5) is 27.0. The van der Waals surface area contributed by atoms with Gasteiger partial charge in [-0.15, -0.1) is 0 Å². The molecule has 1 spiro atoms. The fourth-order valence-electron chi connectivity index (χ4n) is 4.18. The molecule has 2 aliphatic rings. The Labute approximate surface area is 137 Å². The summed E-state index contributed by atoms with van der Waals surface area (Å²) in [7, 11) is 3.27. The predicted molar refractivity (Wildman–Crippen MR) is 87.4 cm³/mol. The maximum Gasteiger partial charge on any atom is 0.254 e. The molecule has 2 amide bonds. The number of carbonyl (C=O) groups is 2. The van der Waals surface area contributed by atoms with Crippen molar-refractivity contribution in [2.24, 2.45) is 11.3 Å². The van der Waals surface area contributed by atoms with Gasteiger partial charge >= 0.3 is 0 Å². The minimum Gasteiger partial charge on any atom is -0.497 e. The number of amides is 2. The van der Waals surface area contributed by atoms with Gasteiger partial charge in [0.25, 0.3) is 5.91 Å². The molecule has 124 valence electrons. The number of rotatable bonds is 3. The topological polar surface area (TPSA) is 58.6 Å². The van der Waals surface area contributed by atoms with Crippen molar-refractivity contribution in [2.45, 2.75) is 25.7 Å². The molecule has 2 fully saturated rings. The number of methoxy groups -OCH3 is 1. The number of hydrogen-bond acceptors (Lipinski definition) is 3. The van der Waals surface area contributed by atoms with Crippen molar-refractivity contribution < 1.29 is 14.3 Å². The molecular weight excluding hydrogens is 292 g/mol. The van der Waals surface area contributed by atoms with Gasteiger partial charge in [-0.05, 0) is 31.0 Å². The van der Waals surface area contributed by atoms with Crippen molar-refractivity contribution in [3.8, 4) is 5.75 Å². The Balaban J connectivity index is 1.83. The summed E-state index contributed by atoms with van der Waals surface area (Å²) in [6.07, 6.45) is 4.36. The smallest absolute Gasteiger partial charge is 0.254 e. The van der Waals surface area contributed by atoms with Crippen LogP contribution in [0.3, 0.4) is 0 Å². The van der Waals surface area contributed by atoms with Crippen LogP contribution >= 0.6 is 0 Å². The summed E-state index contributed by atoms with van der Waals surface area (Å²) < 4.78 is 5.20. The van der Waals surface area contributed by atoms with Gasteiger partial charge in [0.2, 0.25) is 5.91 Å². The molecule has 0 bridgehead atoms. The first-order valence-electron chi connectivity index (χ1n) is 8.24. The maximum absolute atomic E-state index is 12.9. The molecular formula is C18H24N2O3. The SMILES string of the molecule is CNC(=O)C1CN(C(=O)c2cccc(OC)c2)CC12CCCC2. The molecule has 1 heterocycles. The molecule has 0 aromatic heterocycles. The number of nitrogens with one attached hydrogen (secondary N) is 1. The van der Waals surface area contributed by atoms with Crippen LogP contribution in [-0.2, 0) is 4.79 Å². The van der Waals surface area contributed by atoms with Gasteiger partial charge in [-0.3, -0.25) is 9.59 Å². The van der Waals surface area contributed by atoms with Gasteiger partial charge < -0.3 is 15.0 Å². The quantitative estimate of drug-likeness (QED) is 0.929. The summed E-state index contributed by atoms with van der Waals surface area (Å²) in [5, 5.41) is 2.78. The van der Waals surface area contributed by atoms with Crippen LogP contribution in [0.25, 0.3) is 0 Å². The molecule has 1 aliphatic heterocycles. The van der Waals surface area contributed by atoms with E-state index in [0.29, 0.717) is 24.4 Å². The average molecular weight is 316 g/mol. The number of carbonyl (C=O) groups excluding carboxylic acids is 2. The Morgan fingerprint density at radius 1 is 1.30 bits per heavy atom. The largest absolute Gasteiger partial charge is 0.497 e. The molecule has 5 nitrogen and oxygen atoms in total. The highest BCUT2D eigenvalue weighted by Gasteiger charge is 2.52. The van der Waals surface area contributed by atoms with E-state index < -0.39 is 0 Å². The molecule has 0 radical (unpaired) electrons. The van der Waals surface area contributed by atoms with E-state index in [1.54, 1.807) is 26.3 Å². The third-order valence-corrected chi connectivity index (χ3v) is 5.41. The van der Waals surface area contributed by atoms with E-state index in [1.165, 1.54) is 0 Å². The fraction of sp³-hybridized carbons (Fsp3) is 0.556. The summed E-state index contributed by atoms with van der Waals surface area (Å²) in [6, 6.07) is 7.21. The summed E-state index contributed by atoms with van der Waals surface area (Å²) >= 11 is 0. The van der Waals surface area contributed by atoms with Gasteiger partial charge in [0.05, 0.1) is 13.0 Å². The second-order valence-electron chi connectivity index (χ2n) is 6.65. The number of benzene rings is 1. The first-order valence-corrected chi connectivity index (χ1v) is 8.24. The van der Waals surface area contributed by atoms with E-state index in [-0.39, 0.29) is 23.1 Å². The van der Waals surface area contributed by atoms with Crippen LogP contribution in [-0.4, -0.2) is 44.0 Å². The molecule has 1 aliphatic carbocycles. The van der Waals surface area contributed by atoms with E-state index in [0.717, 1.165) is 25.7 Å². The number of likely N-dealkylation sites (tertiary alicyclic amines) is 1. The second-order valence-corrected chi connectivity index (χ2v) is 6.65. The lowest BCUT2D eigenvalue weighted by molar-refractivity contribution is -0.127. The first kappa shape index (κ1) is 15.8. The van der Waals surface area contributed by atoms with E-state index in [1.807, 2.05) is 17.0 Å². The second kappa shape index (κ2) is 6.22. The van der Waals surface area contributed by atoms with E-state index >= 15 is 0 Å². The molecule has 1 aromatic carbocycles. The van der Waals surface area contributed by atoms with Crippen LogP contribution in [0.2, 0.25) is 0 Å². The lowest BCUT2D eigenvalue weighted by Crippen LogP contribution is -2.38. The van der Waals surface area contributed by atoms with E-state index in [9.17, 15) is 9.59 Å². The van der Waals surface area contributed by atoms with Crippen molar-refractivity contribution in [3.63, 3.8) is 0 Å². The van der Waals surface area contributed by atoms with Gasteiger partial charge in [0.15, 0.2) is 0 Å². The van der Waals surface area contributed by atoms with Gasteiger partial charge in [-0.1, -0.05) is 18.9 Å². The lowest BCUT2D eigenvalue weighted by atomic mass is 9.76. The minimum absolute atomic E-state index is 0.0124. The average Bonchev–Trinajstić information content (AvgIpc) is 3.21. The molecule has 1 N–H and O–H groups in total. The molecule has 3 rings (SSSR count). The Bertz CT molecular complexity index is 608. The van der Waals surface area contributed by atoms with Crippen molar-refractivity contribution in [2.75, 3.05) is 27.2 Å². The molecule has 5 heteroatoms. The van der Waals surface area contributed by atoms with Crippen molar-refractivity contribution >= 4 is 11.8 Å². The molecule has 1 unspecified atom stereocenters. The van der Waals surface area contributed by atoms with E-state index in [4.69, 9.17) is 4.74 Å². The number of ether oxygens (including phenoxy) is 1. The van der Waals surface area contributed by atoms with Crippen LogP contribution in [0, 0.1) is 11.3 Å². The third-order valence-electron chi connectivity index (χ3n) is 5.41. The van der Waals surface area contributed by atoms with Crippen LogP contribution in [0.15, 0.2) is 24.3 Å². The standard InChI is InChI=1S/C18H24N2O3/c1-19-16(21)15-11-20(12-18(15)8-3-4-9-18)17(22)13-6-5-7-14(10-13)23-2/h5-7,10,15H,3-4,8-9,11-12H2,1-2H3,(H,19,21). The van der Waals surface area contributed by atoms with Gasteiger partial charge in [-0.25, -0.2) is 0 Å². The minimum atomic E-state index is -0.0930.